The van der Waals surface area contributed by atoms with E-state index in [9.17, 15) is 0 Å². The average molecular weight is 218 g/mol. The summed E-state index contributed by atoms with van der Waals surface area (Å²) in [6.07, 6.45) is 3.59. The van der Waals surface area contributed by atoms with E-state index in [1.54, 1.807) is 13.2 Å². The molecule has 0 bridgehead atoms. The summed E-state index contributed by atoms with van der Waals surface area (Å²) < 4.78 is 0. The molecule has 1 unspecified atom stereocenters. The van der Waals surface area contributed by atoms with Crippen molar-refractivity contribution in [1.29, 1.82) is 0 Å². The number of tetrazole rings is 1. The van der Waals surface area contributed by atoms with Crippen molar-refractivity contribution in [1.82, 2.24) is 30.5 Å². The molecule has 2 rings (SSSR count). The lowest BCUT2D eigenvalue weighted by atomic mass is 10.0. The third-order valence-electron chi connectivity index (χ3n) is 2.33. The highest BCUT2D eigenvalue weighted by atomic mass is 15.6. The molecule has 0 aliphatic rings. The van der Waals surface area contributed by atoms with Crippen LogP contribution in [0.5, 0.6) is 0 Å². The van der Waals surface area contributed by atoms with Crippen LogP contribution >= 0.6 is 0 Å². The topological polar surface area (TPSA) is 68.5 Å². The minimum Gasteiger partial charge on any atom is -0.319 e. The van der Waals surface area contributed by atoms with Crippen molar-refractivity contribution in [3.8, 4) is 0 Å². The molecule has 84 valence electrons. The van der Waals surface area contributed by atoms with E-state index >= 15 is 0 Å². The molecule has 0 spiro atoms. The molecule has 6 heteroatoms. The molecular formula is C10H14N6. The first-order chi connectivity index (χ1) is 7.81. The van der Waals surface area contributed by atoms with Gasteiger partial charge in [0, 0.05) is 18.9 Å². The summed E-state index contributed by atoms with van der Waals surface area (Å²) in [5, 5.41) is 15.3. The molecule has 1 N–H and O–H groups in total. The number of pyridine rings is 1. The number of hydrogen-bond donors (Lipinski definition) is 1. The van der Waals surface area contributed by atoms with Gasteiger partial charge in [-0.1, -0.05) is 6.07 Å². The zero-order valence-corrected chi connectivity index (χ0v) is 9.33. The van der Waals surface area contributed by atoms with Gasteiger partial charge >= 0.3 is 0 Å². The first-order valence-corrected chi connectivity index (χ1v) is 5.09. The van der Waals surface area contributed by atoms with E-state index in [4.69, 9.17) is 0 Å². The molecule has 0 aliphatic heterocycles. The summed E-state index contributed by atoms with van der Waals surface area (Å²) in [6, 6.07) is 3.93. The number of likely N-dealkylation sites (N-methyl/N-ethyl adjacent to an activating group) is 1. The van der Waals surface area contributed by atoms with E-state index in [1.165, 1.54) is 4.80 Å². The number of nitrogens with zero attached hydrogens (tertiary/aromatic N) is 5. The van der Waals surface area contributed by atoms with Gasteiger partial charge in [-0.3, -0.25) is 4.98 Å². The standard InChI is InChI=1S/C10H14N6/c1-11-7-9(8-4-3-5-12-6-8)10-13-15-16(2)14-10/h3-6,9,11H,7H2,1-2H3. The molecule has 0 fully saturated rings. The first kappa shape index (κ1) is 10.7. The fourth-order valence-corrected chi connectivity index (χ4v) is 1.58. The molecule has 0 radical (unpaired) electrons. The summed E-state index contributed by atoms with van der Waals surface area (Å²) in [5.74, 6) is 0.803. The van der Waals surface area contributed by atoms with Gasteiger partial charge in [0.05, 0.1) is 13.0 Å². The number of rotatable bonds is 4. The highest BCUT2D eigenvalue weighted by Crippen LogP contribution is 2.18. The Balaban J connectivity index is 2.31. The van der Waals surface area contributed by atoms with Crippen LogP contribution in [-0.4, -0.2) is 38.8 Å². The van der Waals surface area contributed by atoms with Crippen molar-refractivity contribution >= 4 is 0 Å². The van der Waals surface area contributed by atoms with Crippen molar-refractivity contribution in [3.05, 3.63) is 35.9 Å². The summed E-state index contributed by atoms with van der Waals surface area (Å²) >= 11 is 0. The minimum absolute atomic E-state index is 0.0902. The molecule has 0 amide bonds. The van der Waals surface area contributed by atoms with Crippen LogP contribution in [0.3, 0.4) is 0 Å². The Labute approximate surface area is 93.7 Å². The second-order valence-corrected chi connectivity index (χ2v) is 3.53. The highest BCUT2D eigenvalue weighted by molar-refractivity contribution is 5.21. The van der Waals surface area contributed by atoms with Crippen LogP contribution in [0.15, 0.2) is 24.5 Å². The van der Waals surface area contributed by atoms with E-state index in [1.807, 2.05) is 25.4 Å². The van der Waals surface area contributed by atoms with Crippen LogP contribution in [0.2, 0.25) is 0 Å². The fourth-order valence-electron chi connectivity index (χ4n) is 1.58. The molecule has 2 aromatic heterocycles. The highest BCUT2D eigenvalue weighted by Gasteiger charge is 2.18. The van der Waals surface area contributed by atoms with Crippen molar-refractivity contribution < 1.29 is 0 Å². The second-order valence-electron chi connectivity index (χ2n) is 3.53. The normalized spacial score (nSPS) is 12.6. The first-order valence-electron chi connectivity index (χ1n) is 5.09. The third kappa shape index (κ3) is 2.22. The van der Waals surface area contributed by atoms with Crippen LogP contribution in [0.25, 0.3) is 0 Å². The Kier molecular flexibility index (Phi) is 3.21. The zero-order chi connectivity index (χ0) is 11.4. The Hall–Kier alpha value is -1.82. The molecule has 6 nitrogen and oxygen atoms in total. The van der Waals surface area contributed by atoms with Gasteiger partial charge in [0.2, 0.25) is 0 Å². The van der Waals surface area contributed by atoms with E-state index in [0.717, 1.165) is 12.1 Å². The monoisotopic (exact) mass is 218 g/mol. The van der Waals surface area contributed by atoms with E-state index in [0.29, 0.717) is 5.82 Å². The zero-order valence-electron chi connectivity index (χ0n) is 9.33. The molecule has 2 aromatic rings. The van der Waals surface area contributed by atoms with E-state index in [-0.39, 0.29) is 5.92 Å². The van der Waals surface area contributed by atoms with Gasteiger partial charge in [-0.15, -0.1) is 10.2 Å². The fraction of sp³-hybridized carbons (Fsp3) is 0.400. The maximum Gasteiger partial charge on any atom is 0.183 e. The summed E-state index contributed by atoms with van der Waals surface area (Å²) in [7, 11) is 3.66. The molecular weight excluding hydrogens is 204 g/mol. The molecule has 2 heterocycles. The maximum absolute atomic E-state index is 4.23. The number of hydrogen-bond acceptors (Lipinski definition) is 5. The SMILES string of the molecule is CNCC(c1cccnc1)c1nnn(C)n1. The van der Waals surface area contributed by atoms with Crippen LogP contribution in [-0.2, 0) is 7.05 Å². The average Bonchev–Trinajstić information content (AvgIpc) is 2.74. The van der Waals surface area contributed by atoms with Crippen molar-refractivity contribution in [2.24, 2.45) is 7.05 Å². The summed E-state index contributed by atoms with van der Waals surface area (Å²) in [6.45, 7) is 0.761. The lowest BCUT2D eigenvalue weighted by Crippen LogP contribution is -2.19. The van der Waals surface area contributed by atoms with Crippen molar-refractivity contribution in [3.63, 3.8) is 0 Å². The summed E-state index contributed by atoms with van der Waals surface area (Å²) in [5.41, 5.74) is 1.09. The number of aromatic nitrogens is 5. The predicted octanol–water partition coefficient (Wildman–Crippen LogP) is -0.0436. The van der Waals surface area contributed by atoms with Gasteiger partial charge in [0.1, 0.15) is 0 Å². The maximum atomic E-state index is 4.23. The quantitative estimate of drug-likeness (QED) is 0.779. The molecule has 0 aliphatic carbocycles. The van der Waals surface area contributed by atoms with Gasteiger partial charge < -0.3 is 5.32 Å². The lowest BCUT2D eigenvalue weighted by molar-refractivity contribution is 0.619. The van der Waals surface area contributed by atoms with Crippen molar-refractivity contribution in [2.45, 2.75) is 5.92 Å². The largest absolute Gasteiger partial charge is 0.319 e. The smallest absolute Gasteiger partial charge is 0.183 e. The minimum atomic E-state index is 0.0902. The molecule has 1 atom stereocenters. The Morgan fingerprint density at radius 2 is 2.38 bits per heavy atom. The third-order valence-corrected chi connectivity index (χ3v) is 2.33. The molecule has 0 saturated heterocycles. The van der Waals surface area contributed by atoms with Crippen LogP contribution in [0, 0.1) is 0 Å². The van der Waals surface area contributed by atoms with Gasteiger partial charge in [0.25, 0.3) is 0 Å². The van der Waals surface area contributed by atoms with E-state index in [2.05, 4.69) is 25.7 Å². The Morgan fingerprint density at radius 1 is 1.50 bits per heavy atom. The van der Waals surface area contributed by atoms with Crippen molar-refractivity contribution in [2.75, 3.05) is 13.6 Å². The molecule has 0 saturated carbocycles. The Bertz CT molecular complexity index is 438. The van der Waals surface area contributed by atoms with Crippen LogP contribution < -0.4 is 5.32 Å². The lowest BCUT2D eigenvalue weighted by Gasteiger charge is -2.11. The molecule has 16 heavy (non-hydrogen) atoms. The van der Waals surface area contributed by atoms with Gasteiger partial charge in [-0.05, 0) is 23.9 Å². The number of nitrogens with one attached hydrogen (secondary N) is 1. The number of aryl methyl sites for hydroxylation is 1. The second kappa shape index (κ2) is 4.80. The van der Waals surface area contributed by atoms with Gasteiger partial charge in [0.15, 0.2) is 5.82 Å². The summed E-state index contributed by atoms with van der Waals surface area (Å²) in [4.78, 5) is 5.58. The predicted molar refractivity (Wildman–Crippen MR) is 58.8 cm³/mol. The van der Waals surface area contributed by atoms with E-state index < -0.39 is 0 Å². The Morgan fingerprint density at radius 3 is 2.94 bits per heavy atom. The van der Waals surface area contributed by atoms with Crippen LogP contribution in [0.4, 0.5) is 0 Å². The molecule has 0 aromatic carbocycles. The van der Waals surface area contributed by atoms with Gasteiger partial charge in [-0.25, -0.2) is 0 Å². The van der Waals surface area contributed by atoms with Crippen LogP contribution in [0.1, 0.15) is 17.3 Å². The van der Waals surface area contributed by atoms with Gasteiger partial charge in [-0.2, -0.15) is 4.80 Å².